The molecule has 0 saturated heterocycles. The van der Waals surface area contributed by atoms with E-state index in [1.807, 2.05) is 91.0 Å². The second-order valence-electron chi connectivity index (χ2n) is 8.10. The summed E-state index contributed by atoms with van der Waals surface area (Å²) >= 11 is -1.52. The van der Waals surface area contributed by atoms with Crippen molar-refractivity contribution in [2.45, 2.75) is 0 Å². The van der Waals surface area contributed by atoms with Crippen LogP contribution in [0.1, 0.15) is 0 Å². The third-order valence-electron chi connectivity index (χ3n) is 5.13. The monoisotopic (exact) mass is 753 g/mol. The summed E-state index contributed by atoms with van der Waals surface area (Å²) in [5, 5.41) is 0. The molecule has 3 aromatic carbocycles. The van der Waals surface area contributed by atoms with Gasteiger partial charge in [-0.2, -0.15) is 0 Å². The molecule has 4 heterocycles. The number of nitrogens with zero attached hydrogens (tertiary/aromatic N) is 9. The van der Waals surface area contributed by atoms with Gasteiger partial charge in [-0.3, -0.25) is 0 Å². The van der Waals surface area contributed by atoms with Crippen LogP contribution < -0.4 is 42.5 Å². The molecule has 6 bridgehead atoms. The van der Waals surface area contributed by atoms with E-state index in [9.17, 15) is 0 Å². The number of hydrogen-bond donors (Lipinski definition) is 0. The maximum atomic E-state index is 5.98. The Hall–Kier alpha value is -4.35. The Labute approximate surface area is 257 Å². The number of rotatable bonds is 6. The normalized spacial score (nSPS) is 12.0. The molecule has 0 amide bonds. The quantitative estimate of drug-likeness (QED) is 0.191. The van der Waals surface area contributed by atoms with Crippen LogP contribution >= 0.6 is 0 Å². The van der Waals surface area contributed by atoms with Gasteiger partial charge in [-0.05, 0) is 0 Å². The molecule has 3 aromatic heterocycles. The van der Waals surface area contributed by atoms with Crippen molar-refractivity contribution < 1.29 is 14.2 Å². The Morgan fingerprint density at radius 2 is 0.548 bits per heavy atom. The maximum absolute atomic E-state index is 5.98. The zero-order valence-electron chi connectivity index (χ0n) is 21.1. The van der Waals surface area contributed by atoms with Crippen molar-refractivity contribution >= 4 is 73.2 Å². The van der Waals surface area contributed by atoms with Gasteiger partial charge in [0.15, 0.2) is 0 Å². The summed E-state index contributed by atoms with van der Waals surface area (Å²) in [6.07, 6.45) is 0. The third kappa shape index (κ3) is 6.75. The standard InChI is InChI=1S/C27H15N9O3Se3/c1-4-10-16(11-5-1)37-19-28-22-34-23(29-19)41-25-31-21(39-18-14-8-3-9-15-18)33-27(36-25)42-26-32-20(30-24(35-26)40-22)38-17-12-6-2-7-13-17/h1-15H. The van der Waals surface area contributed by atoms with Crippen LogP contribution in [0.5, 0.6) is 35.3 Å². The van der Waals surface area contributed by atoms with Gasteiger partial charge in [0.25, 0.3) is 0 Å². The van der Waals surface area contributed by atoms with E-state index in [0.29, 0.717) is 45.6 Å². The van der Waals surface area contributed by atoms with Crippen LogP contribution in [-0.4, -0.2) is 89.7 Å². The molecular formula is C27H15N9O3Se3. The fourth-order valence-electron chi connectivity index (χ4n) is 3.40. The third-order valence-corrected chi connectivity index (χ3v) is 9.72. The molecule has 0 saturated carbocycles. The summed E-state index contributed by atoms with van der Waals surface area (Å²) in [7, 11) is 0. The average Bonchev–Trinajstić information content (AvgIpc) is 2.98. The van der Waals surface area contributed by atoms with E-state index >= 15 is 0 Å². The minimum atomic E-state index is -0.506. The molecule has 0 fully saturated rings. The fraction of sp³-hybridized carbons (Fsp3) is 0. The summed E-state index contributed by atoms with van der Waals surface area (Å²) in [5.74, 6) is 1.81. The van der Waals surface area contributed by atoms with Crippen LogP contribution in [0.15, 0.2) is 91.0 Å². The van der Waals surface area contributed by atoms with Gasteiger partial charge < -0.3 is 0 Å². The molecule has 7 rings (SSSR count). The van der Waals surface area contributed by atoms with Gasteiger partial charge in [0.1, 0.15) is 0 Å². The van der Waals surface area contributed by atoms with Crippen LogP contribution in [-0.2, 0) is 0 Å². The van der Waals surface area contributed by atoms with Crippen LogP contribution in [0.4, 0.5) is 0 Å². The summed E-state index contributed by atoms with van der Waals surface area (Å²) in [6, 6.07) is 28.4. The summed E-state index contributed by atoms with van der Waals surface area (Å²) in [5.41, 5.74) is 0. The molecule has 0 N–H and O–H groups in total. The van der Waals surface area contributed by atoms with Crippen molar-refractivity contribution in [3.05, 3.63) is 91.0 Å². The minimum absolute atomic E-state index is 0.163. The number of fused-ring (bicyclic) bond motifs is 6. The van der Waals surface area contributed by atoms with Crippen LogP contribution in [0, 0.1) is 0 Å². The number of ether oxygens (including phenoxy) is 3. The molecule has 0 radical (unpaired) electrons. The fourth-order valence-corrected chi connectivity index (χ4v) is 8.53. The van der Waals surface area contributed by atoms with Crippen molar-refractivity contribution in [1.29, 1.82) is 0 Å². The van der Waals surface area contributed by atoms with E-state index in [-0.39, 0.29) is 18.0 Å². The molecule has 0 spiro atoms. The summed E-state index contributed by atoms with van der Waals surface area (Å²) < 4.78 is 20.9. The Morgan fingerprint density at radius 1 is 0.310 bits per heavy atom. The predicted octanol–water partition coefficient (Wildman–Crippen LogP) is -1.10. The number of benzene rings is 3. The average molecular weight is 750 g/mol. The number of hydrogen-bond acceptors (Lipinski definition) is 12. The second-order valence-corrected chi connectivity index (χ2v) is 14.0. The summed E-state index contributed by atoms with van der Waals surface area (Å²) in [4.78, 5) is 41.6. The zero-order chi connectivity index (χ0) is 28.1. The molecule has 12 nitrogen and oxygen atoms in total. The molecule has 0 aliphatic carbocycles. The van der Waals surface area contributed by atoms with Gasteiger partial charge in [-0.25, -0.2) is 0 Å². The molecule has 0 atom stereocenters. The predicted molar refractivity (Wildman–Crippen MR) is 154 cm³/mol. The molecular weight excluding hydrogens is 735 g/mol. The van der Waals surface area contributed by atoms with E-state index in [0.717, 1.165) is 0 Å². The Kier molecular flexibility index (Phi) is 7.74. The van der Waals surface area contributed by atoms with E-state index < -0.39 is 44.9 Å². The van der Waals surface area contributed by atoms with E-state index in [2.05, 4.69) is 29.9 Å². The van der Waals surface area contributed by atoms with Gasteiger partial charge in [-0.15, -0.1) is 0 Å². The number of para-hydroxylation sites is 3. The SMILES string of the molecule is c1ccc(Oc2nc3nc(n2)[Se]c2nc(Oc4ccccc4)nc(n2)[Se]c2nc(Oc4ccccc4)nc(n2)[Se]3)cc1. The Bertz CT molecular complexity index is 1580. The van der Waals surface area contributed by atoms with Crippen molar-refractivity contribution in [2.24, 2.45) is 0 Å². The topological polar surface area (TPSA) is 144 Å². The Balaban J connectivity index is 1.32. The molecule has 42 heavy (non-hydrogen) atoms. The molecule has 1 aliphatic rings. The molecule has 15 heteroatoms. The Morgan fingerprint density at radius 3 is 0.786 bits per heavy atom. The first-order valence-electron chi connectivity index (χ1n) is 12.2. The van der Waals surface area contributed by atoms with Crippen molar-refractivity contribution in [3.63, 3.8) is 0 Å². The van der Waals surface area contributed by atoms with Crippen molar-refractivity contribution in [2.75, 3.05) is 0 Å². The number of aromatic nitrogens is 9. The molecule has 204 valence electrons. The molecule has 1 aliphatic heterocycles. The van der Waals surface area contributed by atoms with E-state index in [1.54, 1.807) is 0 Å². The van der Waals surface area contributed by atoms with Crippen molar-refractivity contribution in [1.82, 2.24) is 44.9 Å². The van der Waals surface area contributed by atoms with Crippen LogP contribution in [0.25, 0.3) is 0 Å². The van der Waals surface area contributed by atoms with Gasteiger partial charge in [0.2, 0.25) is 0 Å². The van der Waals surface area contributed by atoms with Crippen LogP contribution in [0.2, 0.25) is 0 Å². The van der Waals surface area contributed by atoms with Crippen LogP contribution in [0.3, 0.4) is 0 Å². The summed E-state index contributed by atoms with van der Waals surface area (Å²) in [6.45, 7) is 0. The first-order valence-corrected chi connectivity index (χ1v) is 17.3. The molecule has 6 aromatic rings. The van der Waals surface area contributed by atoms with Crippen molar-refractivity contribution in [3.8, 4) is 35.3 Å². The van der Waals surface area contributed by atoms with Gasteiger partial charge in [-0.1, -0.05) is 0 Å². The van der Waals surface area contributed by atoms with Gasteiger partial charge in [0, 0.05) is 0 Å². The first kappa shape index (κ1) is 26.5. The molecule has 0 unspecified atom stereocenters. The van der Waals surface area contributed by atoms with E-state index in [1.165, 1.54) is 0 Å². The zero-order valence-corrected chi connectivity index (χ0v) is 26.3. The van der Waals surface area contributed by atoms with E-state index in [4.69, 9.17) is 29.2 Å². The van der Waals surface area contributed by atoms with Gasteiger partial charge >= 0.3 is 259 Å². The second kappa shape index (κ2) is 12.3. The first-order chi connectivity index (χ1) is 20.7. The van der Waals surface area contributed by atoms with Gasteiger partial charge in [0.05, 0.1) is 0 Å².